The fraction of sp³-hybridized carbons (Fsp3) is 0.190. The number of benzene rings is 2. The zero-order chi connectivity index (χ0) is 33.0. The van der Waals surface area contributed by atoms with E-state index in [9.17, 15) is 0 Å². The summed E-state index contributed by atoms with van der Waals surface area (Å²) in [5.41, 5.74) is 6.76. The third kappa shape index (κ3) is 10.2. The van der Waals surface area contributed by atoms with Gasteiger partial charge in [0, 0.05) is 90.4 Å². The Labute approximate surface area is 323 Å². The Kier molecular flexibility index (Phi) is 14.9. The van der Waals surface area contributed by atoms with E-state index < -0.39 is 0 Å². The summed E-state index contributed by atoms with van der Waals surface area (Å²) in [6, 6.07) is 39.5. The number of fused-ring (bicyclic) bond motifs is 2. The van der Waals surface area contributed by atoms with Gasteiger partial charge in [-0.3, -0.25) is 12.1 Å². The molecule has 4 aromatic heterocycles. The van der Waals surface area contributed by atoms with E-state index in [0.29, 0.717) is 34.4 Å². The summed E-state index contributed by atoms with van der Waals surface area (Å²) in [4.78, 5) is 8.28. The average molecular weight is 1010 g/mol. The summed E-state index contributed by atoms with van der Waals surface area (Å²) in [6.07, 6.45) is 31.0. The van der Waals surface area contributed by atoms with Crippen LogP contribution in [-0.2, 0) is 67.8 Å². The number of ether oxygens (including phenoxy) is 2. The molecular weight excluding hydrogens is 983 g/mol. The first-order chi connectivity index (χ1) is 23.7. The molecular formula is C42H32N4O2Pt2-6. The monoisotopic (exact) mass is 1010 g/mol. The van der Waals surface area contributed by atoms with Crippen LogP contribution in [0, 0.1) is 49.2 Å². The molecule has 6 nitrogen and oxygen atoms in total. The van der Waals surface area contributed by atoms with Gasteiger partial charge in [-0.1, -0.05) is 23.6 Å². The summed E-state index contributed by atoms with van der Waals surface area (Å²) in [7, 11) is 0. The summed E-state index contributed by atoms with van der Waals surface area (Å²) in [5, 5.41) is 0. The van der Waals surface area contributed by atoms with Crippen molar-refractivity contribution in [2.45, 2.75) is 51.4 Å². The molecule has 50 heavy (non-hydrogen) atoms. The minimum absolute atomic E-state index is 0. The van der Waals surface area contributed by atoms with Gasteiger partial charge >= 0.3 is 0 Å². The van der Waals surface area contributed by atoms with Crippen molar-refractivity contribution in [3.8, 4) is 46.5 Å². The molecule has 0 saturated carbocycles. The van der Waals surface area contributed by atoms with Crippen molar-refractivity contribution in [1.82, 2.24) is 19.1 Å². The van der Waals surface area contributed by atoms with Gasteiger partial charge in [-0.05, 0) is 86.8 Å². The molecule has 2 aliphatic carbocycles. The third-order valence-electron chi connectivity index (χ3n) is 8.01. The second-order valence-corrected chi connectivity index (χ2v) is 11.2. The quantitative estimate of drug-likeness (QED) is 0.129. The molecule has 4 heterocycles. The Bertz CT molecular complexity index is 1880. The van der Waals surface area contributed by atoms with Gasteiger partial charge in [0.15, 0.2) is 0 Å². The molecule has 0 atom stereocenters. The Morgan fingerprint density at radius 2 is 1.02 bits per heavy atom. The summed E-state index contributed by atoms with van der Waals surface area (Å²) in [6.45, 7) is 0. The van der Waals surface area contributed by atoms with Crippen LogP contribution < -0.4 is 9.47 Å². The van der Waals surface area contributed by atoms with Crippen molar-refractivity contribution in [3.05, 3.63) is 157 Å². The van der Waals surface area contributed by atoms with E-state index in [4.69, 9.17) is 22.3 Å². The predicted octanol–water partition coefficient (Wildman–Crippen LogP) is 8.45. The molecule has 0 radical (unpaired) electrons. The molecule has 258 valence electrons. The van der Waals surface area contributed by atoms with E-state index >= 15 is 0 Å². The van der Waals surface area contributed by atoms with Crippen molar-refractivity contribution in [2.75, 3.05) is 0 Å². The van der Waals surface area contributed by atoms with Gasteiger partial charge in [0.05, 0.1) is 0 Å². The van der Waals surface area contributed by atoms with Crippen LogP contribution in [0.4, 0.5) is 0 Å². The summed E-state index contributed by atoms with van der Waals surface area (Å²) < 4.78 is 15.0. The Balaban J connectivity index is 0.000000193. The van der Waals surface area contributed by atoms with Gasteiger partial charge in [-0.15, -0.1) is 0 Å². The maximum Gasteiger partial charge on any atom is 0.215 e. The Morgan fingerprint density at radius 1 is 0.580 bits per heavy atom. The molecule has 8 heteroatoms. The number of pyridine rings is 2. The molecule has 2 aromatic carbocycles. The van der Waals surface area contributed by atoms with Crippen LogP contribution in [0.25, 0.3) is 11.1 Å². The van der Waals surface area contributed by atoms with E-state index in [1.807, 2.05) is 36.7 Å². The number of aryl methyl sites for hydroxylation is 2. The number of hydrogen-bond donors (Lipinski definition) is 0. The van der Waals surface area contributed by atoms with E-state index in [-0.39, 0.29) is 42.1 Å². The minimum atomic E-state index is 0. The van der Waals surface area contributed by atoms with E-state index in [2.05, 4.69) is 58.5 Å². The molecule has 8 rings (SSSR count). The smallest absolute Gasteiger partial charge is 0.215 e. The van der Waals surface area contributed by atoms with E-state index in [1.165, 1.54) is 61.0 Å². The standard InChI is InChI=1S/C22H12N2O2.2C10H10N.2Pt/c1-3-13-23-21(11-1)25-19-9-5-7-17(15-19)18-8-6-10-20(16-18)26-22-12-2-4-14-24-22;2*1-2-11-8-7-9-5-3-4-6-10(9)11;;/h1-6,9-14H;2*7-8H,3-6H2;;/q-4;2*-1;;. The van der Waals surface area contributed by atoms with Crippen LogP contribution in [0.5, 0.6) is 23.3 Å². The molecule has 0 unspecified atom stereocenters. The van der Waals surface area contributed by atoms with Crippen LogP contribution in [0.3, 0.4) is 0 Å². The molecule has 0 spiro atoms. The second-order valence-electron chi connectivity index (χ2n) is 11.2. The molecule has 0 saturated heterocycles. The van der Waals surface area contributed by atoms with Crippen molar-refractivity contribution in [3.63, 3.8) is 0 Å². The molecule has 0 bridgehead atoms. The number of hydrogen-bond acceptors (Lipinski definition) is 4. The second kappa shape index (κ2) is 19.6. The Morgan fingerprint density at radius 3 is 1.42 bits per heavy atom. The van der Waals surface area contributed by atoms with Crippen molar-refractivity contribution in [2.24, 2.45) is 0 Å². The van der Waals surface area contributed by atoms with Crippen LogP contribution in [0.2, 0.25) is 0 Å². The van der Waals surface area contributed by atoms with Crippen LogP contribution >= 0.6 is 0 Å². The first kappa shape index (κ1) is 38.2. The van der Waals surface area contributed by atoms with Crippen molar-refractivity contribution < 1.29 is 51.6 Å². The van der Waals surface area contributed by atoms with Crippen LogP contribution in [-0.4, -0.2) is 19.1 Å². The first-order valence-electron chi connectivity index (χ1n) is 16.0. The third-order valence-corrected chi connectivity index (χ3v) is 8.01. The maximum atomic E-state index is 7.01. The van der Waals surface area contributed by atoms with Gasteiger partial charge in [0.1, 0.15) is 0 Å². The SMILES string of the molecule is [C-]#Cn1ccc2c1CCCC2.[C-]#Cn1ccc2c1CCCC2.[Pt].[Pt].[c-]1ccc(Oc2ccccn2)[c-]c1-c1[c-]ccc(Oc2ccccn2)[c-]1. The fourth-order valence-corrected chi connectivity index (χ4v) is 5.69. The normalized spacial score (nSPS) is 12.2. The Hall–Kier alpha value is -4.60. The zero-order valence-corrected chi connectivity index (χ0v) is 31.7. The van der Waals surface area contributed by atoms with Gasteiger partial charge in [0.25, 0.3) is 0 Å². The van der Waals surface area contributed by atoms with Crippen LogP contribution in [0.1, 0.15) is 48.2 Å². The van der Waals surface area contributed by atoms with Crippen molar-refractivity contribution in [1.29, 1.82) is 0 Å². The van der Waals surface area contributed by atoms with Gasteiger partial charge in [-0.2, -0.15) is 12.1 Å². The predicted molar refractivity (Wildman–Crippen MR) is 183 cm³/mol. The van der Waals surface area contributed by atoms with Gasteiger partial charge in [-0.25, -0.2) is 22.1 Å². The molecule has 0 aliphatic heterocycles. The molecule has 0 amide bonds. The minimum Gasteiger partial charge on any atom is -0.669 e. The fourth-order valence-electron chi connectivity index (χ4n) is 5.69. The number of rotatable bonds is 5. The maximum absolute atomic E-state index is 7.01. The largest absolute Gasteiger partial charge is 0.669 e. The molecule has 0 N–H and O–H groups in total. The molecule has 2 aliphatic rings. The van der Waals surface area contributed by atoms with E-state index in [1.54, 1.807) is 57.9 Å². The summed E-state index contributed by atoms with van der Waals surface area (Å²) >= 11 is 0. The average Bonchev–Trinajstić information content (AvgIpc) is 3.77. The van der Waals surface area contributed by atoms with Gasteiger partial charge in [0.2, 0.25) is 11.8 Å². The van der Waals surface area contributed by atoms with E-state index in [0.717, 1.165) is 12.8 Å². The number of nitrogens with zero attached hydrogens (tertiary/aromatic N) is 4. The van der Waals surface area contributed by atoms with Crippen LogP contribution in [0.15, 0.2) is 97.6 Å². The van der Waals surface area contributed by atoms with Crippen molar-refractivity contribution >= 4 is 0 Å². The molecule has 0 fully saturated rings. The zero-order valence-electron chi connectivity index (χ0n) is 27.1. The topological polar surface area (TPSA) is 54.1 Å². The van der Waals surface area contributed by atoms with Gasteiger partial charge < -0.3 is 66.8 Å². The first-order valence-corrected chi connectivity index (χ1v) is 16.0. The summed E-state index contributed by atoms with van der Waals surface area (Å²) in [5.74, 6) is 2.08. The molecule has 6 aromatic rings. The number of aromatic nitrogens is 4.